The van der Waals surface area contributed by atoms with Gasteiger partial charge in [-0.25, -0.2) is 4.39 Å². The molecular weight excluding hydrogens is 249 g/mol. The summed E-state index contributed by atoms with van der Waals surface area (Å²) in [7, 11) is 3.07. The van der Waals surface area contributed by atoms with Crippen LogP contribution in [0.15, 0.2) is 18.2 Å². The van der Waals surface area contributed by atoms with Crippen LogP contribution in [0.2, 0.25) is 0 Å². The number of methoxy groups -OCH3 is 2. The van der Waals surface area contributed by atoms with Gasteiger partial charge in [0.2, 0.25) is 0 Å². The molecule has 0 heterocycles. The molecule has 1 aromatic rings. The van der Waals surface area contributed by atoms with Crippen molar-refractivity contribution in [1.29, 1.82) is 0 Å². The van der Waals surface area contributed by atoms with Crippen LogP contribution in [0.1, 0.15) is 24.9 Å². The second-order valence-corrected chi connectivity index (χ2v) is 4.43. The smallest absolute Gasteiger partial charge is 0.131 e. The average Bonchev–Trinajstić information content (AvgIpc) is 2.38. The van der Waals surface area contributed by atoms with Gasteiger partial charge >= 0.3 is 0 Å². The molecule has 0 amide bonds. The van der Waals surface area contributed by atoms with Gasteiger partial charge in [-0.05, 0) is 32.0 Å². The molecule has 1 rings (SSSR count). The fraction of sp³-hybridized carbons (Fsp3) is 0.571. The predicted octanol–water partition coefficient (Wildman–Crippen LogP) is 1.88. The molecule has 0 aromatic heterocycles. The minimum atomic E-state index is -0.507. The minimum Gasteiger partial charge on any atom is -0.496 e. The van der Waals surface area contributed by atoms with Crippen LogP contribution in [0, 0.1) is 5.82 Å². The van der Waals surface area contributed by atoms with Crippen molar-refractivity contribution >= 4 is 0 Å². The Hall–Kier alpha value is -1.17. The highest BCUT2D eigenvalue weighted by atomic mass is 19.1. The number of nitrogens with one attached hydrogen (secondary N) is 1. The molecule has 1 aromatic carbocycles. The first-order valence-electron chi connectivity index (χ1n) is 6.33. The second kappa shape index (κ2) is 8.09. The summed E-state index contributed by atoms with van der Waals surface area (Å²) < 4.78 is 23.8. The van der Waals surface area contributed by atoms with Crippen molar-refractivity contribution in [2.45, 2.75) is 25.5 Å². The highest BCUT2D eigenvalue weighted by Crippen LogP contribution is 2.27. The molecule has 108 valence electrons. The lowest BCUT2D eigenvalue weighted by molar-refractivity contribution is 0.0590. The van der Waals surface area contributed by atoms with Gasteiger partial charge < -0.3 is 19.9 Å². The van der Waals surface area contributed by atoms with Gasteiger partial charge in [0.25, 0.3) is 0 Å². The molecule has 19 heavy (non-hydrogen) atoms. The Kier molecular flexibility index (Phi) is 6.77. The molecule has 0 aliphatic rings. The largest absolute Gasteiger partial charge is 0.496 e. The zero-order valence-electron chi connectivity index (χ0n) is 11.6. The van der Waals surface area contributed by atoms with E-state index in [4.69, 9.17) is 9.47 Å². The lowest BCUT2D eigenvalue weighted by atomic mass is 10.1. The highest BCUT2D eigenvalue weighted by Gasteiger charge is 2.16. The highest BCUT2D eigenvalue weighted by molar-refractivity contribution is 5.36. The van der Waals surface area contributed by atoms with Crippen LogP contribution in [-0.2, 0) is 4.74 Å². The van der Waals surface area contributed by atoms with E-state index in [2.05, 4.69) is 5.32 Å². The fourth-order valence-electron chi connectivity index (χ4n) is 1.96. The van der Waals surface area contributed by atoms with Crippen molar-refractivity contribution in [3.63, 3.8) is 0 Å². The normalized spacial score (nSPS) is 14.2. The van der Waals surface area contributed by atoms with E-state index in [1.165, 1.54) is 13.2 Å². The Balaban J connectivity index is 2.56. The van der Waals surface area contributed by atoms with Gasteiger partial charge in [0.05, 0.1) is 19.8 Å². The van der Waals surface area contributed by atoms with Crippen LogP contribution >= 0.6 is 0 Å². The fourth-order valence-corrected chi connectivity index (χ4v) is 1.96. The van der Waals surface area contributed by atoms with E-state index in [-0.39, 0.29) is 11.9 Å². The van der Waals surface area contributed by atoms with Crippen molar-refractivity contribution in [3.05, 3.63) is 29.6 Å². The molecule has 2 atom stereocenters. The van der Waals surface area contributed by atoms with Crippen LogP contribution in [0.3, 0.4) is 0 Å². The molecule has 4 nitrogen and oxygen atoms in total. The van der Waals surface area contributed by atoms with Crippen molar-refractivity contribution in [2.75, 3.05) is 27.4 Å². The summed E-state index contributed by atoms with van der Waals surface area (Å²) in [5, 5.41) is 12.7. The lowest BCUT2D eigenvalue weighted by Crippen LogP contribution is -2.26. The van der Waals surface area contributed by atoms with Crippen molar-refractivity contribution in [2.24, 2.45) is 0 Å². The molecule has 0 aliphatic heterocycles. The summed E-state index contributed by atoms with van der Waals surface area (Å²) in [4.78, 5) is 0. The van der Waals surface area contributed by atoms with E-state index in [1.807, 2.05) is 6.92 Å². The Morgan fingerprint density at radius 2 is 2.11 bits per heavy atom. The zero-order chi connectivity index (χ0) is 14.3. The molecule has 2 N–H and O–H groups in total. The lowest BCUT2D eigenvalue weighted by Gasteiger charge is -2.19. The number of halogens is 1. The predicted molar refractivity (Wildman–Crippen MR) is 71.9 cm³/mol. The van der Waals surface area contributed by atoms with E-state index < -0.39 is 6.10 Å². The van der Waals surface area contributed by atoms with Gasteiger partial charge in [0.1, 0.15) is 11.6 Å². The first-order chi connectivity index (χ1) is 9.10. The molecule has 0 saturated heterocycles. The number of aliphatic hydroxyl groups is 1. The van der Waals surface area contributed by atoms with Gasteiger partial charge in [0, 0.05) is 18.7 Å². The monoisotopic (exact) mass is 271 g/mol. The maximum atomic E-state index is 13.8. The van der Waals surface area contributed by atoms with Crippen LogP contribution in [0.5, 0.6) is 5.75 Å². The van der Waals surface area contributed by atoms with Gasteiger partial charge in [0.15, 0.2) is 0 Å². The first-order valence-corrected chi connectivity index (χ1v) is 6.33. The third-order valence-electron chi connectivity index (χ3n) is 2.95. The van der Waals surface area contributed by atoms with Crippen molar-refractivity contribution < 1.29 is 19.0 Å². The van der Waals surface area contributed by atoms with Crippen LogP contribution in [0.25, 0.3) is 0 Å². The van der Waals surface area contributed by atoms with Gasteiger partial charge in [-0.3, -0.25) is 0 Å². The summed E-state index contributed by atoms with van der Waals surface area (Å²) >= 11 is 0. The third kappa shape index (κ3) is 4.78. The molecule has 0 bridgehead atoms. The quantitative estimate of drug-likeness (QED) is 0.758. The molecule has 0 spiro atoms. The third-order valence-corrected chi connectivity index (χ3v) is 2.95. The Labute approximate surface area is 113 Å². The first kappa shape index (κ1) is 15.9. The van der Waals surface area contributed by atoms with Crippen molar-refractivity contribution in [3.8, 4) is 5.75 Å². The number of aliphatic hydroxyl groups excluding tert-OH is 1. The topological polar surface area (TPSA) is 50.7 Å². The summed E-state index contributed by atoms with van der Waals surface area (Å²) in [5.74, 6) is 0.231. The summed E-state index contributed by atoms with van der Waals surface area (Å²) in [6, 6.07) is 4.57. The molecule has 5 heteroatoms. The molecule has 0 aliphatic carbocycles. The van der Waals surface area contributed by atoms with Gasteiger partial charge in [-0.15, -0.1) is 0 Å². The maximum Gasteiger partial charge on any atom is 0.131 e. The number of benzene rings is 1. The number of rotatable bonds is 8. The standard InChI is InChI=1S/C14H22FNO3/c1-10(16-8-7-11(17)9-18-2)14-12(15)5-4-6-13(14)19-3/h4-6,10-11,16-17H,7-9H2,1-3H3. The van der Waals surface area contributed by atoms with E-state index in [1.54, 1.807) is 19.2 Å². The molecule has 2 unspecified atom stereocenters. The van der Waals surface area contributed by atoms with Crippen molar-refractivity contribution in [1.82, 2.24) is 5.32 Å². The van der Waals surface area contributed by atoms with E-state index in [0.717, 1.165) is 0 Å². The zero-order valence-corrected chi connectivity index (χ0v) is 11.6. The minimum absolute atomic E-state index is 0.189. The van der Waals surface area contributed by atoms with E-state index >= 15 is 0 Å². The number of hydrogen-bond donors (Lipinski definition) is 2. The maximum absolute atomic E-state index is 13.8. The summed E-state index contributed by atoms with van der Waals surface area (Å²) in [6.07, 6.45) is 0.0433. The molecule has 0 saturated carbocycles. The Morgan fingerprint density at radius 1 is 1.37 bits per heavy atom. The van der Waals surface area contributed by atoms with Gasteiger partial charge in [-0.2, -0.15) is 0 Å². The molecule has 0 radical (unpaired) electrons. The molecular formula is C14H22FNO3. The van der Waals surface area contributed by atoms with Crippen LogP contribution < -0.4 is 10.1 Å². The second-order valence-electron chi connectivity index (χ2n) is 4.43. The number of hydrogen-bond acceptors (Lipinski definition) is 4. The summed E-state index contributed by atoms with van der Waals surface area (Å²) in [5.41, 5.74) is 0.506. The Morgan fingerprint density at radius 3 is 2.74 bits per heavy atom. The SMILES string of the molecule is COCC(O)CCNC(C)c1c(F)cccc1OC. The van der Waals surface area contributed by atoms with E-state index in [9.17, 15) is 9.50 Å². The van der Waals surface area contributed by atoms with Crippen LogP contribution in [0.4, 0.5) is 4.39 Å². The van der Waals surface area contributed by atoms with E-state index in [0.29, 0.717) is 30.9 Å². The molecule has 0 fully saturated rings. The van der Waals surface area contributed by atoms with Gasteiger partial charge in [-0.1, -0.05) is 6.07 Å². The Bertz CT molecular complexity index is 387. The number of ether oxygens (including phenoxy) is 2. The average molecular weight is 271 g/mol. The van der Waals surface area contributed by atoms with Crippen LogP contribution in [-0.4, -0.2) is 38.6 Å². The summed E-state index contributed by atoms with van der Waals surface area (Å²) in [6.45, 7) is 2.74.